The van der Waals surface area contributed by atoms with Crippen molar-refractivity contribution in [1.29, 1.82) is 0 Å². The topological polar surface area (TPSA) is 15.3 Å². The Labute approximate surface area is 130 Å². The Kier molecular flexibility index (Phi) is 5.14. The molecule has 0 saturated heterocycles. The number of likely N-dealkylation sites (N-methyl/N-ethyl adjacent to an activating group) is 1. The van der Waals surface area contributed by atoms with Gasteiger partial charge in [0.05, 0.1) is 0 Å². The lowest BCUT2D eigenvalue weighted by Gasteiger charge is -2.32. The second-order valence-electron chi connectivity index (χ2n) is 6.06. The minimum absolute atomic E-state index is 0.117. The Hall–Kier alpha value is -1.23. The number of benzene rings is 1. The van der Waals surface area contributed by atoms with Gasteiger partial charge in [0.25, 0.3) is 0 Å². The van der Waals surface area contributed by atoms with E-state index in [2.05, 4.69) is 44.2 Å². The highest BCUT2D eigenvalue weighted by Crippen LogP contribution is 2.29. The van der Waals surface area contributed by atoms with Crippen LogP contribution in [-0.4, -0.2) is 31.1 Å². The summed E-state index contributed by atoms with van der Waals surface area (Å²) >= 11 is 1.64. The van der Waals surface area contributed by atoms with E-state index in [-0.39, 0.29) is 11.4 Å². The third kappa shape index (κ3) is 4.13. The van der Waals surface area contributed by atoms with Gasteiger partial charge in [-0.05, 0) is 46.1 Å². The molecule has 2 rings (SSSR count). The zero-order valence-electron chi connectivity index (χ0n) is 13.1. The molecular formula is C17H23FN2S. The molecular weight excluding hydrogens is 283 g/mol. The summed E-state index contributed by atoms with van der Waals surface area (Å²) in [6.45, 7) is 6.14. The second kappa shape index (κ2) is 6.69. The van der Waals surface area contributed by atoms with E-state index in [1.807, 2.05) is 18.2 Å². The van der Waals surface area contributed by atoms with Crippen molar-refractivity contribution in [3.05, 3.63) is 47.1 Å². The first-order valence-corrected chi connectivity index (χ1v) is 7.93. The summed E-state index contributed by atoms with van der Waals surface area (Å²) in [6, 6.07) is 11.0. The average molecular weight is 306 g/mol. The molecule has 1 aromatic heterocycles. The number of hydrogen-bond donors (Lipinski definition) is 1. The maximum absolute atomic E-state index is 13.8. The highest BCUT2D eigenvalue weighted by molar-refractivity contribution is 7.15. The van der Waals surface area contributed by atoms with E-state index in [1.54, 1.807) is 17.4 Å². The number of rotatable bonds is 6. The van der Waals surface area contributed by atoms with Crippen molar-refractivity contribution < 1.29 is 4.39 Å². The fraction of sp³-hybridized carbons (Fsp3) is 0.412. The Morgan fingerprint density at radius 1 is 1.14 bits per heavy atom. The van der Waals surface area contributed by atoms with Gasteiger partial charge in [0.1, 0.15) is 5.82 Å². The first-order chi connectivity index (χ1) is 9.90. The smallest absolute Gasteiger partial charge is 0.131 e. The summed E-state index contributed by atoms with van der Waals surface area (Å²) in [5.41, 5.74) is 0.799. The van der Waals surface area contributed by atoms with Crippen LogP contribution in [0.5, 0.6) is 0 Å². The SMILES string of the molecule is CN(C)C(C)(C)CNCc1ccc(-c2ccccc2F)s1. The van der Waals surface area contributed by atoms with Crippen LogP contribution in [0.3, 0.4) is 0 Å². The van der Waals surface area contributed by atoms with Crippen LogP contribution in [0.1, 0.15) is 18.7 Å². The molecule has 0 amide bonds. The predicted octanol–water partition coefficient (Wildman–Crippen LogP) is 3.98. The maximum Gasteiger partial charge on any atom is 0.131 e. The lowest BCUT2D eigenvalue weighted by molar-refractivity contribution is 0.190. The molecule has 114 valence electrons. The summed E-state index contributed by atoms with van der Waals surface area (Å²) in [4.78, 5) is 4.42. The van der Waals surface area contributed by atoms with Crippen LogP contribution in [0.25, 0.3) is 10.4 Å². The van der Waals surface area contributed by atoms with Crippen molar-refractivity contribution in [2.24, 2.45) is 0 Å². The Bertz CT molecular complexity index is 590. The number of hydrogen-bond acceptors (Lipinski definition) is 3. The molecule has 0 aliphatic heterocycles. The molecule has 0 saturated carbocycles. The standard InChI is InChI=1S/C17H23FN2S/c1-17(2,20(3)4)12-19-11-13-9-10-16(21-13)14-7-5-6-8-15(14)18/h5-10,19H,11-12H2,1-4H3. The van der Waals surface area contributed by atoms with Crippen molar-refractivity contribution >= 4 is 11.3 Å². The van der Waals surface area contributed by atoms with Crippen LogP contribution >= 0.6 is 11.3 Å². The molecule has 0 unspecified atom stereocenters. The molecule has 0 radical (unpaired) electrons. The van der Waals surface area contributed by atoms with Gasteiger partial charge in [-0.3, -0.25) is 0 Å². The number of thiophene rings is 1. The minimum atomic E-state index is -0.160. The molecule has 1 aromatic carbocycles. The van der Waals surface area contributed by atoms with E-state index >= 15 is 0 Å². The third-order valence-corrected chi connectivity index (χ3v) is 4.99. The number of halogens is 1. The van der Waals surface area contributed by atoms with Crippen LogP contribution in [0, 0.1) is 5.82 Å². The molecule has 0 bridgehead atoms. The van der Waals surface area contributed by atoms with Crippen molar-refractivity contribution in [2.45, 2.75) is 25.9 Å². The Morgan fingerprint density at radius 3 is 2.52 bits per heavy atom. The van der Waals surface area contributed by atoms with Crippen molar-refractivity contribution in [3.8, 4) is 10.4 Å². The maximum atomic E-state index is 13.8. The zero-order valence-corrected chi connectivity index (χ0v) is 13.9. The summed E-state index contributed by atoms with van der Waals surface area (Å²) < 4.78 is 13.8. The molecule has 0 atom stereocenters. The van der Waals surface area contributed by atoms with E-state index in [0.29, 0.717) is 5.56 Å². The highest BCUT2D eigenvalue weighted by atomic mass is 32.1. The summed E-state index contributed by atoms with van der Waals surface area (Å²) in [5, 5.41) is 3.48. The van der Waals surface area contributed by atoms with Gasteiger partial charge in [-0.15, -0.1) is 11.3 Å². The molecule has 0 spiro atoms. The molecule has 21 heavy (non-hydrogen) atoms. The van der Waals surface area contributed by atoms with E-state index in [1.165, 1.54) is 10.9 Å². The number of nitrogens with one attached hydrogen (secondary N) is 1. The average Bonchev–Trinajstić information content (AvgIpc) is 2.87. The zero-order chi connectivity index (χ0) is 15.5. The minimum Gasteiger partial charge on any atom is -0.310 e. The molecule has 2 aromatic rings. The Balaban J connectivity index is 1.97. The fourth-order valence-electron chi connectivity index (χ4n) is 1.93. The summed E-state index contributed by atoms with van der Waals surface area (Å²) in [6.07, 6.45) is 0. The van der Waals surface area contributed by atoms with Crippen molar-refractivity contribution in [3.63, 3.8) is 0 Å². The van der Waals surface area contributed by atoms with E-state index in [0.717, 1.165) is 18.0 Å². The van der Waals surface area contributed by atoms with Crippen molar-refractivity contribution in [1.82, 2.24) is 10.2 Å². The fourth-order valence-corrected chi connectivity index (χ4v) is 2.93. The quantitative estimate of drug-likeness (QED) is 0.868. The third-order valence-electron chi connectivity index (χ3n) is 3.87. The van der Waals surface area contributed by atoms with Crippen LogP contribution < -0.4 is 5.32 Å². The van der Waals surface area contributed by atoms with E-state index in [4.69, 9.17) is 0 Å². The molecule has 1 heterocycles. The molecule has 4 heteroatoms. The largest absolute Gasteiger partial charge is 0.310 e. The van der Waals surface area contributed by atoms with Crippen LogP contribution in [0.15, 0.2) is 36.4 Å². The van der Waals surface area contributed by atoms with Gasteiger partial charge in [-0.2, -0.15) is 0 Å². The number of nitrogens with zero attached hydrogens (tertiary/aromatic N) is 1. The van der Waals surface area contributed by atoms with Gasteiger partial charge in [0, 0.05) is 33.9 Å². The molecule has 0 aliphatic carbocycles. The van der Waals surface area contributed by atoms with Gasteiger partial charge in [0.2, 0.25) is 0 Å². The molecule has 0 aliphatic rings. The first kappa shape index (κ1) is 16.1. The van der Waals surface area contributed by atoms with Gasteiger partial charge in [-0.1, -0.05) is 18.2 Å². The van der Waals surface area contributed by atoms with Gasteiger partial charge in [-0.25, -0.2) is 4.39 Å². The normalized spacial score (nSPS) is 12.1. The monoisotopic (exact) mass is 306 g/mol. The van der Waals surface area contributed by atoms with Crippen molar-refractivity contribution in [2.75, 3.05) is 20.6 Å². The lowest BCUT2D eigenvalue weighted by Crippen LogP contribution is -2.46. The van der Waals surface area contributed by atoms with Crippen LogP contribution in [-0.2, 0) is 6.54 Å². The van der Waals surface area contributed by atoms with Gasteiger partial charge >= 0.3 is 0 Å². The van der Waals surface area contributed by atoms with E-state index in [9.17, 15) is 4.39 Å². The Morgan fingerprint density at radius 2 is 1.86 bits per heavy atom. The van der Waals surface area contributed by atoms with Crippen LogP contribution in [0.2, 0.25) is 0 Å². The summed E-state index contributed by atoms with van der Waals surface area (Å²) in [5.74, 6) is -0.160. The van der Waals surface area contributed by atoms with Crippen LogP contribution in [0.4, 0.5) is 4.39 Å². The molecule has 2 nitrogen and oxygen atoms in total. The van der Waals surface area contributed by atoms with Gasteiger partial charge in [0.15, 0.2) is 0 Å². The first-order valence-electron chi connectivity index (χ1n) is 7.12. The summed E-state index contributed by atoms with van der Waals surface area (Å²) in [7, 11) is 4.17. The predicted molar refractivity (Wildman–Crippen MR) is 89.2 cm³/mol. The molecule has 1 N–H and O–H groups in total. The second-order valence-corrected chi connectivity index (χ2v) is 7.22. The van der Waals surface area contributed by atoms with Gasteiger partial charge < -0.3 is 10.2 Å². The van der Waals surface area contributed by atoms with E-state index < -0.39 is 0 Å². The lowest BCUT2D eigenvalue weighted by atomic mass is 10.0. The highest BCUT2D eigenvalue weighted by Gasteiger charge is 2.19. The molecule has 0 fully saturated rings.